The van der Waals surface area contributed by atoms with E-state index >= 15 is 0 Å². The molecule has 8 rings (SSSR count). The lowest BCUT2D eigenvalue weighted by Crippen LogP contribution is -2.59. The van der Waals surface area contributed by atoms with Crippen LogP contribution >= 0.6 is 0 Å². The van der Waals surface area contributed by atoms with E-state index in [1.807, 2.05) is 121 Å². The van der Waals surface area contributed by atoms with Crippen LogP contribution in [0.1, 0.15) is 164 Å². The summed E-state index contributed by atoms with van der Waals surface area (Å²) < 4.78 is 0. The van der Waals surface area contributed by atoms with Crippen molar-refractivity contribution < 1.29 is 38.4 Å². The van der Waals surface area contributed by atoms with E-state index in [9.17, 15) is 38.4 Å². The van der Waals surface area contributed by atoms with Crippen LogP contribution in [-0.2, 0) is 38.4 Å². The van der Waals surface area contributed by atoms with Gasteiger partial charge in [0.15, 0.2) is 0 Å². The highest BCUT2D eigenvalue weighted by molar-refractivity contribution is 5.97. The van der Waals surface area contributed by atoms with Crippen molar-refractivity contribution in [3.05, 3.63) is 144 Å². The zero-order valence-corrected chi connectivity index (χ0v) is 52.2. The van der Waals surface area contributed by atoms with E-state index in [1.165, 1.54) is 0 Å². The normalized spacial score (nSPS) is 19.4. The van der Waals surface area contributed by atoms with Gasteiger partial charge in [0.1, 0.15) is 36.3 Å². The molecule has 474 valence electrons. The Morgan fingerprint density at radius 3 is 1.02 bits per heavy atom. The first-order valence-electron chi connectivity index (χ1n) is 32.7. The van der Waals surface area contributed by atoms with Gasteiger partial charge in [-0.25, -0.2) is 0 Å². The molecule has 2 saturated heterocycles. The standard InChI is InChI=1S/C70H96N10O8/c1-47(71-3)63(81)75-59(53-37-21-11-22-38-53)69(87)79-45-27-41-55(79)65(83)77-61(57(49-29-13-7-14-30-49)50-31-15-8-16-32-50)67(85)73-43-25-5-6-26-44-74-68(86)62(58(51-33-17-9-18-34-51)52-35-19-10-20-36-52)78-66(84)56-42-28-46-80(56)70(88)60(54-39-23-12-24-40-54)76-64(82)48(2)72-4/h7-10,13-20,29-36,47-48,53-62,71-72H,5-6,11-12,21-28,37-46H2,1-4H3,(H,73,85)(H,74,86)(H,75,81)(H,76,82)(H,77,83)(H,78,84)/t47-,48-,55-,56?,59-,60?,61?,62-/m0/s1. The van der Waals surface area contributed by atoms with Gasteiger partial charge in [0.05, 0.1) is 12.1 Å². The summed E-state index contributed by atoms with van der Waals surface area (Å²) in [6.45, 7) is 4.88. The minimum atomic E-state index is -1.05. The summed E-state index contributed by atoms with van der Waals surface area (Å²) in [5.41, 5.74) is 3.36. The van der Waals surface area contributed by atoms with Gasteiger partial charge >= 0.3 is 0 Å². The van der Waals surface area contributed by atoms with Gasteiger partial charge in [0, 0.05) is 38.0 Å². The van der Waals surface area contributed by atoms with Gasteiger partial charge in [-0.05, 0) is 126 Å². The molecule has 0 spiro atoms. The lowest BCUT2D eigenvalue weighted by molar-refractivity contribution is -0.143. The van der Waals surface area contributed by atoms with E-state index in [-0.39, 0.29) is 47.3 Å². The molecule has 2 heterocycles. The predicted octanol–water partition coefficient (Wildman–Crippen LogP) is 6.74. The van der Waals surface area contributed by atoms with Crippen LogP contribution in [0.15, 0.2) is 121 Å². The SMILES string of the molecule is CN[C@@H](C)C(=O)NC(C(=O)N1CCCC1C(=O)N[C@H](C(=O)NCCCCCCNC(=O)C(NC(=O)[C@@H]1CCCN1C(=O)[C@@H](NC(=O)[C@H](C)NC)C1CCCCC1)C(c1ccccc1)c1ccccc1)C(c1ccccc1)c1ccccc1)C1CCCCC1. The molecule has 0 radical (unpaired) electrons. The molecule has 3 unspecified atom stereocenters. The van der Waals surface area contributed by atoms with Crippen molar-refractivity contribution in [2.75, 3.05) is 40.3 Å². The number of carbonyl (C=O) groups is 8. The number of likely N-dealkylation sites (N-methyl/N-ethyl adjacent to an activating group) is 2. The van der Waals surface area contributed by atoms with Crippen molar-refractivity contribution in [3.8, 4) is 0 Å². The van der Waals surface area contributed by atoms with Crippen molar-refractivity contribution in [2.45, 2.75) is 190 Å². The second-order valence-corrected chi connectivity index (χ2v) is 24.7. The quantitative estimate of drug-likeness (QED) is 0.0267. The van der Waals surface area contributed by atoms with E-state index in [0.29, 0.717) is 64.7 Å². The van der Waals surface area contributed by atoms with Gasteiger partial charge in [-0.15, -0.1) is 0 Å². The Kier molecular flexibility index (Phi) is 25.5. The molecule has 88 heavy (non-hydrogen) atoms. The molecule has 18 heteroatoms. The Hall–Kier alpha value is -7.44. The third kappa shape index (κ3) is 17.7. The van der Waals surface area contributed by atoms with Gasteiger partial charge in [-0.2, -0.15) is 0 Å². The third-order valence-electron chi connectivity index (χ3n) is 18.9. The Morgan fingerprint density at radius 2 is 0.716 bits per heavy atom. The molecule has 0 aromatic heterocycles. The highest BCUT2D eigenvalue weighted by atomic mass is 16.2. The van der Waals surface area contributed by atoms with Gasteiger partial charge < -0.3 is 52.3 Å². The number of likely N-dealkylation sites (tertiary alicyclic amines) is 2. The number of benzene rings is 4. The fourth-order valence-corrected chi connectivity index (χ4v) is 13.6. The number of carbonyl (C=O) groups excluding carboxylic acids is 8. The zero-order valence-electron chi connectivity index (χ0n) is 52.2. The predicted molar refractivity (Wildman–Crippen MR) is 341 cm³/mol. The minimum Gasteiger partial charge on any atom is -0.354 e. The van der Waals surface area contributed by atoms with Gasteiger partial charge in [-0.3, -0.25) is 38.4 Å². The van der Waals surface area contributed by atoms with Crippen LogP contribution in [0.25, 0.3) is 0 Å². The lowest BCUT2D eigenvalue weighted by Gasteiger charge is -2.36. The summed E-state index contributed by atoms with van der Waals surface area (Å²) >= 11 is 0. The average Bonchev–Trinajstić information content (AvgIpc) is 4.40. The summed E-state index contributed by atoms with van der Waals surface area (Å²) in [5.74, 6) is -3.84. The zero-order chi connectivity index (χ0) is 62.4. The maximum absolute atomic E-state index is 14.8. The van der Waals surface area contributed by atoms with Crippen molar-refractivity contribution in [3.63, 3.8) is 0 Å². The molecule has 8 atom stereocenters. The van der Waals surface area contributed by atoms with E-state index < -0.39 is 72.0 Å². The number of nitrogens with one attached hydrogen (secondary N) is 8. The first-order chi connectivity index (χ1) is 42.8. The van der Waals surface area contributed by atoms with Crippen LogP contribution in [0, 0.1) is 11.8 Å². The number of unbranched alkanes of at least 4 members (excludes halogenated alkanes) is 3. The highest BCUT2D eigenvalue weighted by Gasteiger charge is 2.45. The van der Waals surface area contributed by atoms with Gasteiger partial charge in [-0.1, -0.05) is 173 Å². The molecule has 8 amide bonds. The van der Waals surface area contributed by atoms with Crippen LogP contribution < -0.4 is 42.5 Å². The monoisotopic (exact) mass is 1200 g/mol. The maximum atomic E-state index is 14.8. The van der Waals surface area contributed by atoms with Crippen molar-refractivity contribution in [1.82, 2.24) is 52.3 Å². The van der Waals surface area contributed by atoms with E-state index in [2.05, 4.69) is 42.5 Å². The third-order valence-corrected chi connectivity index (χ3v) is 18.9. The Bertz CT molecular complexity index is 2620. The smallest absolute Gasteiger partial charge is 0.246 e. The molecule has 2 aliphatic heterocycles. The molecule has 8 N–H and O–H groups in total. The Balaban J connectivity index is 0.921. The fourth-order valence-electron chi connectivity index (χ4n) is 13.6. The van der Waals surface area contributed by atoms with Crippen LogP contribution in [0.2, 0.25) is 0 Å². The van der Waals surface area contributed by atoms with E-state index in [0.717, 1.165) is 99.3 Å². The second-order valence-electron chi connectivity index (χ2n) is 24.7. The first kappa shape index (κ1) is 66.5. The molecular formula is C70H96N10O8. The molecule has 4 aromatic carbocycles. The molecule has 2 aliphatic carbocycles. The Morgan fingerprint density at radius 1 is 0.398 bits per heavy atom. The minimum absolute atomic E-state index is 0.0457. The summed E-state index contributed by atoms with van der Waals surface area (Å²) in [4.78, 5) is 118. The summed E-state index contributed by atoms with van der Waals surface area (Å²) in [6.07, 6.45) is 14.0. The summed E-state index contributed by atoms with van der Waals surface area (Å²) in [7, 11) is 3.41. The molecule has 4 aromatic rings. The van der Waals surface area contributed by atoms with Crippen LogP contribution in [0.5, 0.6) is 0 Å². The van der Waals surface area contributed by atoms with Crippen molar-refractivity contribution >= 4 is 47.3 Å². The number of hydrogen-bond donors (Lipinski definition) is 8. The summed E-state index contributed by atoms with van der Waals surface area (Å²) in [6, 6.07) is 32.3. The van der Waals surface area contributed by atoms with Crippen molar-refractivity contribution in [1.29, 1.82) is 0 Å². The molecule has 18 nitrogen and oxygen atoms in total. The fraction of sp³-hybridized carbons (Fsp3) is 0.543. The number of rotatable bonds is 29. The molecule has 0 bridgehead atoms. The molecule has 4 fully saturated rings. The van der Waals surface area contributed by atoms with Crippen molar-refractivity contribution in [2.24, 2.45) is 11.8 Å². The van der Waals surface area contributed by atoms with Crippen LogP contribution in [-0.4, -0.2) is 146 Å². The summed E-state index contributed by atoms with van der Waals surface area (Å²) in [5, 5.41) is 24.7. The van der Waals surface area contributed by atoms with Gasteiger partial charge in [0.25, 0.3) is 0 Å². The lowest BCUT2D eigenvalue weighted by atomic mass is 9.83. The van der Waals surface area contributed by atoms with E-state index in [1.54, 1.807) is 37.7 Å². The molecule has 4 aliphatic rings. The van der Waals surface area contributed by atoms with Gasteiger partial charge in [0.2, 0.25) is 47.3 Å². The highest BCUT2D eigenvalue weighted by Crippen LogP contribution is 2.34. The first-order valence-corrected chi connectivity index (χ1v) is 32.7. The topological polar surface area (TPSA) is 239 Å². The number of amides is 8. The second kappa shape index (κ2) is 33.8. The van der Waals surface area contributed by atoms with Crippen LogP contribution in [0.3, 0.4) is 0 Å². The number of hydrogen-bond acceptors (Lipinski definition) is 10. The number of nitrogens with zero attached hydrogens (tertiary/aromatic N) is 2. The Labute approximate surface area is 521 Å². The average molecular weight is 1210 g/mol. The van der Waals surface area contributed by atoms with Crippen LogP contribution in [0.4, 0.5) is 0 Å². The molecule has 2 saturated carbocycles. The molecular weight excluding hydrogens is 1110 g/mol. The van der Waals surface area contributed by atoms with E-state index in [4.69, 9.17) is 0 Å². The largest absolute Gasteiger partial charge is 0.354 e. The maximum Gasteiger partial charge on any atom is 0.246 e.